The van der Waals surface area contributed by atoms with Gasteiger partial charge in [0.05, 0.1) is 23.8 Å². The number of carbonyl (C=O) groups excluding carboxylic acids is 1. The number of rotatable bonds is 6. The van der Waals surface area contributed by atoms with E-state index in [1.165, 1.54) is 46.8 Å². The van der Waals surface area contributed by atoms with E-state index in [0.29, 0.717) is 19.0 Å². The third-order valence-corrected chi connectivity index (χ3v) is 7.23. The molecule has 30 heavy (non-hydrogen) atoms. The Morgan fingerprint density at radius 2 is 1.80 bits per heavy atom. The fourth-order valence-electron chi connectivity index (χ4n) is 3.33. The average molecular weight is 434 g/mol. The maximum atomic E-state index is 13.2. The Bertz CT molecular complexity index is 1020. The van der Waals surface area contributed by atoms with E-state index in [1.807, 2.05) is 0 Å². The summed E-state index contributed by atoms with van der Waals surface area (Å²) in [5.74, 6) is 0.0247. The summed E-state index contributed by atoms with van der Waals surface area (Å²) >= 11 is 0. The fraction of sp³-hybridized carbons (Fsp3) is 0.381. The highest BCUT2D eigenvalue weighted by atomic mass is 32.2. The summed E-state index contributed by atoms with van der Waals surface area (Å²) in [7, 11) is -3.73. The van der Waals surface area contributed by atoms with Gasteiger partial charge in [-0.3, -0.25) is 4.79 Å². The number of morpholine rings is 1. The Kier molecular flexibility index (Phi) is 6.03. The SMILES string of the molecule is O=C(Nc1cc(S(=O)(=O)N2CCOCC2)ccc1Oc1ccc(F)cc1)C1CCC1. The topological polar surface area (TPSA) is 84.9 Å². The van der Waals surface area contributed by atoms with Gasteiger partial charge in [-0.1, -0.05) is 6.42 Å². The van der Waals surface area contributed by atoms with Crippen molar-refractivity contribution in [1.82, 2.24) is 4.31 Å². The van der Waals surface area contributed by atoms with Crippen LogP contribution in [0, 0.1) is 11.7 Å². The van der Waals surface area contributed by atoms with E-state index in [2.05, 4.69) is 5.32 Å². The number of amides is 1. The second-order valence-electron chi connectivity index (χ2n) is 7.35. The van der Waals surface area contributed by atoms with Crippen molar-refractivity contribution < 1.29 is 27.1 Å². The summed E-state index contributed by atoms with van der Waals surface area (Å²) in [6.07, 6.45) is 2.62. The highest BCUT2D eigenvalue weighted by Crippen LogP contribution is 2.35. The van der Waals surface area contributed by atoms with Crippen LogP contribution >= 0.6 is 0 Å². The lowest BCUT2D eigenvalue weighted by Gasteiger charge is -2.27. The number of nitrogens with zero attached hydrogens (tertiary/aromatic N) is 1. The Morgan fingerprint density at radius 1 is 1.10 bits per heavy atom. The molecule has 4 rings (SSSR count). The lowest BCUT2D eigenvalue weighted by molar-refractivity contribution is -0.122. The molecule has 0 bridgehead atoms. The molecule has 9 heteroatoms. The number of sulfonamides is 1. The molecule has 1 aliphatic carbocycles. The van der Waals surface area contributed by atoms with Crippen LogP contribution in [0.2, 0.25) is 0 Å². The molecule has 160 valence electrons. The summed E-state index contributed by atoms with van der Waals surface area (Å²) in [5, 5.41) is 2.81. The van der Waals surface area contributed by atoms with Crippen LogP contribution in [0.3, 0.4) is 0 Å². The van der Waals surface area contributed by atoms with Crippen molar-refractivity contribution in [2.24, 2.45) is 5.92 Å². The molecule has 0 spiro atoms. The Morgan fingerprint density at radius 3 is 2.43 bits per heavy atom. The van der Waals surface area contributed by atoms with Gasteiger partial charge in [-0.15, -0.1) is 0 Å². The first-order chi connectivity index (χ1) is 14.4. The number of benzene rings is 2. The van der Waals surface area contributed by atoms with E-state index in [-0.39, 0.29) is 41.2 Å². The second kappa shape index (κ2) is 8.71. The van der Waals surface area contributed by atoms with Gasteiger partial charge in [0.2, 0.25) is 15.9 Å². The first kappa shape index (κ1) is 20.8. The monoisotopic (exact) mass is 434 g/mol. The lowest BCUT2D eigenvalue weighted by atomic mass is 9.85. The van der Waals surface area contributed by atoms with Crippen LogP contribution in [0.4, 0.5) is 10.1 Å². The largest absolute Gasteiger partial charge is 0.455 e. The molecule has 1 amide bonds. The van der Waals surface area contributed by atoms with Crippen LogP contribution < -0.4 is 10.1 Å². The average Bonchev–Trinajstić information content (AvgIpc) is 2.70. The van der Waals surface area contributed by atoms with Gasteiger partial charge in [0, 0.05) is 19.0 Å². The predicted molar refractivity (Wildman–Crippen MR) is 108 cm³/mol. The third kappa shape index (κ3) is 4.48. The van der Waals surface area contributed by atoms with Crippen molar-refractivity contribution in [3.63, 3.8) is 0 Å². The Hall–Kier alpha value is -2.49. The summed E-state index contributed by atoms with van der Waals surface area (Å²) in [6.45, 7) is 1.24. The van der Waals surface area contributed by atoms with Crippen molar-refractivity contribution in [2.75, 3.05) is 31.6 Å². The smallest absolute Gasteiger partial charge is 0.243 e. The molecule has 0 aromatic heterocycles. The number of anilines is 1. The normalized spacial score (nSPS) is 17.9. The summed E-state index contributed by atoms with van der Waals surface area (Å²) in [6, 6.07) is 9.82. The molecule has 2 aromatic carbocycles. The number of ether oxygens (including phenoxy) is 2. The minimum absolute atomic E-state index is 0.0692. The fourth-order valence-corrected chi connectivity index (χ4v) is 4.76. The summed E-state index contributed by atoms with van der Waals surface area (Å²) < 4.78 is 51.6. The van der Waals surface area contributed by atoms with E-state index in [4.69, 9.17) is 9.47 Å². The standard InChI is InChI=1S/C21H23FN2O5S/c22-16-4-6-17(7-5-16)29-20-9-8-18(30(26,27)24-10-12-28-13-11-24)14-19(20)23-21(25)15-2-1-3-15/h4-9,14-15H,1-3,10-13H2,(H,23,25). The van der Waals surface area contributed by atoms with Crippen molar-refractivity contribution in [2.45, 2.75) is 24.2 Å². The first-order valence-corrected chi connectivity index (χ1v) is 11.3. The number of carbonyl (C=O) groups is 1. The van der Waals surface area contributed by atoms with Gasteiger partial charge in [0.15, 0.2) is 5.75 Å². The Labute approximate surface area is 174 Å². The minimum atomic E-state index is -3.73. The van der Waals surface area contributed by atoms with E-state index >= 15 is 0 Å². The van der Waals surface area contributed by atoms with Crippen LogP contribution in [0.25, 0.3) is 0 Å². The predicted octanol–water partition coefficient (Wildman–Crippen LogP) is 3.38. The summed E-state index contributed by atoms with van der Waals surface area (Å²) in [5.41, 5.74) is 0.269. The molecule has 2 aliphatic rings. The van der Waals surface area contributed by atoms with Gasteiger partial charge >= 0.3 is 0 Å². The van der Waals surface area contributed by atoms with Crippen molar-refractivity contribution in [1.29, 1.82) is 0 Å². The van der Waals surface area contributed by atoms with Gasteiger partial charge < -0.3 is 14.8 Å². The maximum Gasteiger partial charge on any atom is 0.243 e. The molecular weight excluding hydrogens is 411 g/mol. The molecule has 0 atom stereocenters. The first-order valence-electron chi connectivity index (χ1n) is 9.90. The van der Waals surface area contributed by atoms with Gasteiger partial charge in [0.1, 0.15) is 11.6 Å². The Balaban J connectivity index is 1.64. The van der Waals surface area contributed by atoms with Crippen molar-refractivity contribution >= 4 is 21.6 Å². The third-order valence-electron chi connectivity index (χ3n) is 5.33. The van der Waals surface area contributed by atoms with Crippen molar-refractivity contribution in [3.05, 3.63) is 48.3 Å². The zero-order chi connectivity index (χ0) is 21.1. The van der Waals surface area contributed by atoms with Gasteiger partial charge in [0.25, 0.3) is 0 Å². The van der Waals surface area contributed by atoms with Gasteiger partial charge in [-0.05, 0) is 55.3 Å². The molecule has 1 saturated heterocycles. The zero-order valence-electron chi connectivity index (χ0n) is 16.3. The van der Waals surface area contributed by atoms with Crippen molar-refractivity contribution in [3.8, 4) is 11.5 Å². The number of halogens is 1. The van der Waals surface area contributed by atoms with Crippen LogP contribution in [0.5, 0.6) is 11.5 Å². The quantitative estimate of drug-likeness (QED) is 0.754. The van der Waals surface area contributed by atoms with Crippen LogP contribution in [-0.4, -0.2) is 44.9 Å². The second-order valence-corrected chi connectivity index (χ2v) is 9.29. The molecular formula is C21H23FN2O5S. The zero-order valence-corrected chi connectivity index (χ0v) is 17.2. The van der Waals surface area contributed by atoms with E-state index in [1.54, 1.807) is 0 Å². The van der Waals surface area contributed by atoms with Gasteiger partial charge in [-0.25, -0.2) is 12.8 Å². The molecule has 0 radical (unpaired) electrons. The van der Waals surface area contributed by atoms with E-state index in [9.17, 15) is 17.6 Å². The van der Waals surface area contributed by atoms with Crippen LogP contribution in [-0.2, 0) is 19.6 Å². The van der Waals surface area contributed by atoms with Crippen LogP contribution in [0.15, 0.2) is 47.4 Å². The molecule has 1 heterocycles. The molecule has 1 saturated carbocycles. The molecule has 2 fully saturated rings. The number of nitrogens with one attached hydrogen (secondary N) is 1. The minimum Gasteiger partial charge on any atom is -0.455 e. The summed E-state index contributed by atoms with van der Waals surface area (Å²) in [4.78, 5) is 12.6. The van der Waals surface area contributed by atoms with Gasteiger partial charge in [-0.2, -0.15) is 4.31 Å². The molecule has 0 unspecified atom stereocenters. The number of hydrogen-bond acceptors (Lipinski definition) is 5. The molecule has 1 N–H and O–H groups in total. The molecule has 1 aliphatic heterocycles. The lowest BCUT2D eigenvalue weighted by Crippen LogP contribution is -2.40. The number of hydrogen-bond donors (Lipinski definition) is 1. The molecule has 2 aromatic rings. The van der Waals surface area contributed by atoms with E-state index in [0.717, 1.165) is 19.3 Å². The highest BCUT2D eigenvalue weighted by molar-refractivity contribution is 7.89. The molecule has 7 nitrogen and oxygen atoms in total. The van der Waals surface area contributed by atoms with E-state index < -0.39 is 15.8 Å². The van der Waals surface area contributed by atoms with Crippen LogP contribution in [0.1, 0.15) is 19.3 Å². The maximum absolute atomic E-state index is 13.2. The highest BCUT2D eigenvalue weighted by Gasteiger charge is 2.29.